The number of rotatable bonds is 5. The van der Waals surface area contributed by atoms with Crippen LogP contribution in [-0.2, 0) is 12.8 Å². The van der Waals surface area contributed by atoms with Crippen LogP contribution in [0.25, 0.3) is 11.1 Å². The first-order chi connectivity index (χ1) is 9.40. The van der Waals surface area contributed by atoms with Crippen molar-refractivity contribution in [2.24, 2.45) is 0 Å². The summed E-state index contributed by atoms with van der Waals surface area (Å²) >= 11 is 4.28. The van der Waals surface area contributed by atoms with E-state index in [2.05, 4.69) is 55.1 Å². The molecule has 2 aromatic carbocycles. The topological polar surface area (TPSA) is 0 Å². The number of hydrogen-bond donors (Lipinski definition) is 1. The van der Waals surface area contributed by atoms with Gasteiger partial charge in [0.1, 0.15) is 0 Å². The van der Waals surface area contributed by atoms with Crippen LogP contribution in [0, 0.1) is 0 Å². The van der Waals surface area contributed by atoms with Gasteiger partial charge >= 0.3 is 0 Å². The summed E-state index contributed by atoms with van der Waals surface area (Å²) in [6.45, 7) is 0. The van der Waals surface area contributed by atoms with E-state index in [1.807, 2.05) is 0 Å². The van der Waals surface area contributed by atoms with E-state index >= 15 is 0 Å². The van der Waals surface area contributed by atoms with E-state index in [1.165, 1.54) is 42.4 Å². The van der Waals surface area contributed by atoms with Crippen LogP contribution >= 0.6 is 12.6 Å². The van der Waals surface area contributed by atoms with E-state index in [1.54, 1.807) is 11.1 Å². The molecular formula is C18H20S. The molecule has 2 aromatic rings. The number of thiol groups is 1. The van der Waals surface area contributed by atoms with Gasteiger partial charge in [-0.2, -0.15) is 12.6 Å². The van der Waals surface area contributed by atoms with Gasteiger partial charge < -0.3 is 0 Å². The van der Waals surface area contributed by atoms with Crippen molar-refractivity contribution in [2.45, 2.75) is 32.1 Å². The van der Waals surface area contributed by atoms with Crippen LogP contribution in [0.4, 0.5) is 0 Å². The predicted molar refractivity (Wildman–Crippen MR) is 86.1 cm³/mol. The molecule has 0 atom stereocenters. The van der Waals surface area contributed by atoms with Crippen LogP contribution in [0.2, 0.25) is 0 Å². The highest BCUT2D eigenvalue weighted by molar-refractivity contribution is 7.80. The summed E-state index contributed by atoms with van der Waals surface area (Å²) in [5, 5.41) is 0. The molecule has 0 saturated carbocycles. The van der Waals surface area contributed by atoms with Crippen molar-refractivity contribution in [3.05, 3.63) is 59.2 Å². The third-order valence-corrected chi connectivity index (χ3v) is 4.37. The first-order valence-corrected chi connectivity index (χ1v) is 7.83. The van der Waals surface area contributed by atoms with Gasteiger partial charge in [-0.1, -0.05) is 48.9 Å². The summed E-state index contributed by atoms with van der Waals surface area (Å²) in [6, 6.07) is 15.6. The Morgan fingerprint density at radius 1 is 0.842 bits per heavy atom. The Hall–Kier alpha value is -1.21. The Balaban J connectivity index is 1.82. The lowest BCUT2D eigenvalue weighted by Crippen LogP contribution is -1.93. The predicted octanol–water partition coefficient (Wildman–Crippen LogP) is 4.90. The largest absolute Gasteiger partial charge is 0.179 e. The Kier molecular flexibility index (Phi) is 3.93. The molecule has 0 N–H and O–H groups in total. The molecule has 0 spiro atoms. The smallest absolute Gasteiger partial charge is 0.00107 e. The standard InChI is InChI=1S/C18H20S/c19-12-5-1-2-7-14-9-6-11-17-16-10-4-3-8-15(16)13-18(14)17/h3-4,6,8-11,19H,1-2,5,7,12-13H2. The van der Waals surface area contributed by atoms with Gasteiger partial charge in [-0.05, 0) is 59.3 Å². The third-order valence-electron chi connectivity index (χ3n) is 4.05. The van der Waals surface area contributed by atoms with E-state index in [-0.39, 0.29) is 0 Å². The maximum atomic E-state index is 4.28. The molecule has 0 unspecified atom stereocenters. The Bertz CT molecular complexity index is 572. The highest BCUT2D eigenvalue weighted by Gasteiger charge is 2.19. The van der Waals surface area contributed by atoms with E-state index in [4.69, 9.17) is 0 Å². The molecule has 0 aromatic heterocycles. The molecule has 1 aliphatic carbocycles. The Morgan fingerprint density at radius 2 is 1.68 bits per heavy atom. The lowest BCUT2D eigenvalue weighted by molar-refractivity contribution is 0.720. The lowest BCUT2D eigenvalue weighted by atomic mass is 9.97. The summed E-state index contributed by atoms with van der Waals surface area (Å²) in [5.41, 5.74) is 7.50. The van der Waals surface area contributed by atoms with Crippen LogP contribution in [0.1, 0.15) is 36.0 Å². The quantitative estimate of drug-likeness (QED) is 0.494. The zero-order valence-electron chi connectivity index (χ0n) is 11.2. The van der Waals surface area contributed by atoms with Gasteiger partial charge in [-0.25, -0.2) is 0 Å². The molecule has 0 aliphatic heterocycles. The Morgan fingerprint density at radius 3 is 2.58 bits per heavy atom. The minimum Gasteiger partial charge on any atom is -0.179 e. The van der Waals surface area contributed by atoms with Crippen molar-refractivity contribution in [3.63, 3.8) is 0 Å². The second-order valence-corrected chi connectivity index (χ2v) is 5.76. The van der Waals surface area contributed by atoms with Crippen molar-refractivity contribution in [1.82, 2.24) is 0 Å². The van der Waals surface area contributed by atoms with E-state index < -0.39 is 0 Å². The van der Waals surface area contributed by atoms with Gasteiger partial charge in [0.25, 0.3) is 0 Å². The first-order valence-electron chi connectivity index (χ1n) is 7.20. The fraction of sp³-hybridized carbons (Fsp3) is 0.333. The second-order valence-electron chi connectivity index (χ2n) is 5.31. The van der Waals surface area contributed by atoms with E-state index in [0.29, 0.717) is 0 Å². The molecule has 1 heteroatoms. The van der Waals surface area contributed by atoms with Gasteiger partial charge in [-0.15, -0.1) is 0 Å². The summed E-state index contributed by atoms with van der Waals surface area (Å²) in [7, 11) is 0. The van der Waals surface area contributed by atoms with Crippen LogP contribution in [0.15, 0.2) is 42.5 Å². The molecule has 0 fully saturated rings. The zero-order chi connectivity index (χ0) is 13.1. The zero-order valence-corrected chi connectivity index (χ0v) is 12.1. The molecule has 0 bridgehead atoms. The van der Waals surface area contributed by atoms with Crippen molar-refractivity contribution in [2.75, 3.05) is 5.75 Å². The second kappa shape index (κ2) is 5.83. The average molecular weight is 268 g/mol. The van der Waals surface area contributed by atoms with Gasteiger partial charge in [0, 0.05) is 0 Å². The summed E-state index contributed by atoms with van der Waals surface area (Å²) in [4.78, 5) is 0. The number of benzene rings is 2. The fourth-order valence-corrected chi connectivity index (χ4v) is 3.29. The molecule has 0 nitrogen and oxygen atoms in total. The average Bonchev–Trinajstić information content (AvgIpc) is 2.83. The molecule has 0 amide bonds. The summed E-state index contributed by atoms with van der Waals surface area (Å²) in [6.07, 6.45) is 6.14. The number of aryl methyl sites for hydroxylation is 1. The maximum Gasteiger partial charge on any atom is -0.00107 e. The summed E-state index contributed by atoms with van der Waals surface area (Å²) in [5.74, 6) is 1.01. The number of unbranched alkanes of at least 4 members (excludes halogenated alkanes) is 2. The number of fused-ring (bicyclic) bond motifs is 3. The first kappa shape index (κ1) is 12.8. The molecule has 0 saturated heterocycles. The molecule has 1 aliphatic rings. The van der Waals surface area contributed by atoms with Crippen molar-refractivity contribution < 1.29 is 0 Å². The maximum absolute atomic E-state index is 4.28. The van der Waals surface area contributed by atoms with Crippen molar-refractivity contribution >= 4 is 12.6 Å². The van der Waals surface area contributed by atoms with Crippen LogP contribution in [0.5, 0.6) is 0 Å². The van der Waals surface area contributed by atoms with Gasteiger partial charge in [0.05, 0.1) is 0 Å². The highest BCUT2D eigenvalue weighted by atomic mass is 32.1. The van der Waals surface area contributed by atoms with Crippen LogP contribution in [-0.4, -0.2) is 5.75 Å². The molecular weight excluding hydrogens is 248 g/mol. The van der Waals surface area contributed by atoms with Crippen molar-refractivity contribution in [3.8, 4) is 11.1 Å². The van der Waals surface area contributed by atoms with Gasteiger partial charge in [0.2, 0.25) is 0 Å². The lowest BCUT2D eigenvalue weighted by Gasteiger charge is -2.08. The van der Waals surface area contributed by atoms with Crippen LogP contribution in [0.3, 0.4) is 0 Å². The van der Waals surface area contributed by atoms with E-state index in [0.717, 1.165) is 12.2 Å². The minimum absolute atomic E-state index is 1.01. The molecule has 0 heterocycles. The van der Waals surface area contributed by atoms with E-state index in [9.17, 15) is 0 Å². The summed E-state index contributed by atoms with van der Waals surface area (Å²) < 4.78 is 0. The van der Waals surface area contributed by atoms with Gasteiger partial charge in [0.15, 0.2) is 0 Å². The molecule has 19 heavy (non-hydrogen) atoms. The molecule has 3 rings (SSSR count). The Labute approximate surface area is 121 Å². The van der Waals surface area contributed by atoms with Crippen molar-refractivity contribution in [1.29, 1.82) is 0 Å². The monoisotopic (exact) mass is 268 g/mol. The SMILES string of the molecule is SCCCCCc1cccc2c1Cc1ccccc1-2. The fourth-order valence-electron chi connectivity index (χ4n) is 3.06. The van der Waals surface area contributed by atoms with Crippen LogP contribution < -0.4 is 0 Å². The highest BCUT2D eigenvalue weighted by Crippen LogP contribution is 2.38. The third kappa shape index (κ3) is 2.57. The normalized spacial score (nSPS) is 12.3. The number of hydrogen-bond acceptors (Lipinski definition) is 1. The molecule has 98 valence electrons. The minimum atomic E-state index is 1.01. The molecule has 0 radical (unpaired) electrons. The van der Waals surface area contributed by atoms with Gasteiger partial charge in [-0.3, -0.25) is 0 Å².